The molecule has 0 spiro atoms. The summed E-state index contributed by atoms with van der Waals surface area (Å²) in [5.74, 6) is 0.0396. The number of hydrogen-bond acceptors (Lipinski definition) is 7. The summed E-state index contributed by atoms with van der Waals surface area (Å²) in [6.45, 7) is 6.02. The Hall–Kier alpha value is -2.12. The third-order valence-electron chi connectivity index (χ3n) is 3.83. The first-order chi connectivity index (χ1) is 12.5. The number of rotatable bonds is 12. The van der Waals surface area contributed by atoms with Gasteiger partial charge in [0.05, 0.1) is 12.4 Å². The highest BCUT2D eigenvalue weighted by atomic mass is 16.3. The van der Waals surface area contributed by atoms with Crippen molar-refractivity contribution in [3.8, 4) is 5.75 Å². The molecule has 7 nitrogen and oxygen atoms in total. The number of hydrazone groups is 2. The second-order valence-corrected chi connectivity index (χ2v) is 6.38. The number of aliphatic hydroxyl groups is 2. The van der Waals surface area contributed by atoms with Crippen LogP contribution in [0.4, 0.5) is 0 Å². The lowest BCUT2D eigenvalue weighted by molar-refractivity contribution is 0.127. The Morgan fingerprint density at radius 3 is 1.73 bits per heavy atom. The van der Waals surface area contributed by atoms with E-state index in [4.69, 9.17) is 0 Å². The van der Waals surface area contributed by atoms with Gasteiger partial charge in [-0.15, -0.1) is 0 Å². The zero-order valence-corrected chi connectivity index (χ0v) is 15.9. The van der Waals surface area contributed by atoms with Gasteiger partial charge in [0.2, 0.25) is 0 Å². The van der Waals surface area contributed by atoms with Gasteiger partial charge in [0.15, 0.2) is 0 Å². The fraction of sp³-hybridized carbons (Fsp3) is 0.579. The molecule has 7 heteroatoms. The van der Waals surface area contributed by atoms with Crippen LogP contribution in [0.15, 0.2) is 22.3 Å². The summed E-state index contributed by atoms with van der Waals surface area (Å²) in [6.07, 6.45) is 6.62. The molecule has 2 atom stereocenters. The molecular weight excluding hydrogens is 332 g/mol. The molecule has 1 rings (SSSR count). The van der Waals surface area contributed by atoms with Crippen molar-refractivity contribution in [3.05, 3.63) is 28.8 Å². The summed E-state index contributed by atoms with van der Waals surface area (Å²) < 4.78 is 0. The van der Waals surface area contributed by atoms with Crippen molar-refractivity contribution in [1.82, 2.24) is 10.9 Å². The molecular formula is C19H32N4O3. The van der Waals surface area contributed by atoms with Gasteiger partial charge in [0.1, 0.15) is 18.2 Å². The zero-order valence-electron chi connectivity index (χ0n) is 15.9. The van der Waals surface area contributed by atoms with E-state index in [2.05, 4.69) is 34.9 Å². The van der Waals surface area contributed by atoms with Gasteiger partial charge >= 0.3 is 0 Å². The van der Waals surface area contributed by atoms with E-state index < -0.39 is 12.5 Å². The molecule has 0 saturated carbocycles. The van der Waals surface area contributed by atoms with Gasteiger partial charge in [-0.2, -0.15) is 10.2 Å². The van der Waals surface area contributed by atoms with Crippen molar-refractivity contribution in [2.75, 3.05) is 0 Å². The zero-order chi connectivity index (χ0) is 19.4. The number of nitrogens with one attached hydrogen (secondary N) is 2. The van der Waals surface area contributed by atoms with E-state index in [1.54, 1.807) is 12.1 Å². The number of phenols is 1. The van der Waals surface area contributed by atoms with Crippen LogP contribution < -0.4 is 10.9 Å². The molecule has 0 heterocycles. The van der Waals surface area contributed by atoms with E-state index in [0.29, 0.717) is 24.0 Å². The summed E-state index contributed by atoms with van der Waals surface area (Å²) in [7, 11) is 0. The van der Waals surface area contributed by atoms with E-state index in [0.717, 1.165) is 31.2 Å². The van der Waals surface area contributed by atoms with Gasteiger partial charge in [-0.05, 0) is 50.3 Å². The van der Waals surface area contributed by atoms with Crippen LogP contribution in [0.2, 0.25) is 0 Å². The third kappa shape index (κ3) is 8.31. The Bertz CT molecular complexity index is 543. The molecule has 0 radical (unpaired) electrons. The van der Waals surface area contributed by atoms with E-state index in [1.165, 1.54) is 12.4 Å². The summed E-state index contributed by atoms with van der Waals surface area (Å²) in [6, 6.07) is 3.58. The second kappa shape index (κ2) is 12.3. The maximum atomic E-state index is 10.4. The monoisotopic (exact) mass is 364 g/mol. The van der Waals surface area contributed by atoms with Gasteiger partial charge in [-0.1, -0.05) is 26.7 Å². The fourth-order valence-electron chi connectivity index (χ4n) is 2.34. The van der Waals surface area contributed by atoms with Gasteiger partial charge in [-0.3, -0.25) is 10.9 Å². The van der Waals surface area contributed by atoms with E-state index >= 15 is 0 Å². The summed E-state index contributed by atoms with van der Waals surface area (Å²) in [5.41, 5.74) is 7.27. The first-order valence-corrected chi connectivity index (χ1v) is 9.24. The van der Waals surface area contributed by atoms with Crippen LogP contribution in [0.25, 0.3) is 0 Å². The molecule has 146 valence electrons. The maximum Gasteiger partial charge on any atom is 0.139 e. The first-order valence-electron chi connectivity index (χ1n) is 9.24. The average molecular weight is 364 g/mol. The Morgan fingerprint density at radius 2 is 1.35 bits per heavy atom. The molecule has 5 N–H and O–H groups in total. The number of phenolic OH excluding ortho intramolecular Hbond substituents is 1. The number of unbranched alkanes of at least 4 members (excludes halogenated alkanes) is 2. The SMILES string of the molecule is CCCCC(O)N/N=C/c1cc(C)cc(/C=N/NC(O)CCCC)c1O. The number of aliphatic hydroxyl groups excluding tert-OH is 2. The van der Waals surface area contributed by atoms with Gasteiger partial charge < -0.3 is 15.3 Å². The number of nitrogens with zero attached hydrogens (tertiary/aromatic N) is 2. The number of aryl methyl sites for hydroxylation is 1. The minimum atomic E-state index is -0.701. The lowest BCUT2D eigenvalue weighted by Crippen LogP contribution is -2.23. The topological polar surface area (TPSA) is 109 Å². The van der Waals surface area contributed by atoms with Crippen LogP contribution in [-0.4, -0.2) is 40.2 Å². The maximum absolute atomic E-state index is 10.4. The van der Waals surface area contributed by atoms with Crippen molar-refractivity contribution in [3.63, 3.8) is 0 Å². The highest BCUT2D eigenvalue weighted by Gasteiger charge is 2.07. The highest BCUT2D eigenvalue weighted by Crippen LogP contribution is 2.21. The minimum Gasteiger partial charge on any atom is -0.507 e. The molecule has 0 bridgehead atoms. The van der Waals surface area contributed by atoms with Crippen molar-refractivity contribution in [1.29, 1.82) is 0 Å². The number of benzene rings is 1. The highest BCUT2D eigenvalue weighted by molar-refractivity contribution is 5.92. The molecule has 0 saturated heterocycles. The Balaban J connectivity index is 2.72. The molecule has 26 heavy (non-hydrogen) atoms. The predicted molar refractivity (Wildman–Crippen MR) is 105 cm³/mol. The van der Waals surface area contributed by atoms with Gasteiger partial charge in [0.25, 0.3) is 0 Å². The quantitative estimate of drug-likeness (QED) is 0.222. The molecule has 0 aliphatic carbocycles. The lowest BCUT2D eigenvalue weighted by Gasteiger charge is -2.10. The van der Waals surface area contributed by atoms with Crippen molar-refractivity contribution >= 4 is 12.4 Å². The van der Waals surface area contributed by atoms with Crippen molar-refractivity contribution < 1.29 is 15.3 Å². The number of aromatic hydroxyl groups is 1. The Labute approximate surface area is 155 Å². The van der Waals surface area contributed by atoms with Crippen LogP contribution in [-0.2, 0) is 0 Å². The standard InChI is InChI=1S/C19H32N4O3/c1-4-6-8-17(24)22-20-12-15-10-14(3)11-16(19(15)26)13-21-23-18(25)9-7-5-2/h10-13,17-18,22-26H,4-9H2,1-3H3/b20-12+,21-13+. The third-order valence-corrected chi connectivity index (χ3v) is 3.83. The Morgan fingerprint density at radius 1 is 0.923 bits per heavy atom. The summed E-state index contributed by atoms with van der Waals surface area (Å²) in [4.78, 5) is 0. The van der Waals surface area contributed by atoms with Crippen LogP contribution in [0, 0.1) is 6.92 Å². The summed E-state index contributed by atoms with van der Waals surface area (Å²) in [5, 5.41) is 37.8. The largest absolute Gasteiger partial charge is 0.507 e. The van der Waals surface area contributed by atoms with E-state index in [9.17, 15) is 15.3 Å². The molecule has 0 fully saturated rings. The average Bonchev–Trinajstić information content (AvgIpc) is 2.61. The molecule has 1 aromatic carbocycles. The van der Waals surface area contributed by atoms with E-state index in [1.807, 2.05) is 6.92 Å². The predicted octanol–water partition coefficient (Wildman–Crippen LogP) is 2.56. The smallest absolute Gasteiger partial charge is 0.139 e. The Kier molecular flexibility index (Phi) is 10.3. The van der Waals surface area contributed by atoms with E-state index in [-0.39, 0.29) is 5.75 Å². The molecule has 2 unspecified atom stereocenters. The molecule has 0 aromatic heterocycles. The lowest BCUT2D eigenvalue weighted by atomic mass is 10.1. The van der Waals surface area contributed by atoms with Crippen molar-refractivity contribution in [2.24, 2.45) is 10.2 Å². The van der Waals surface area contributed by atoms with Crippen LogP contribution >= 0.6 is 0 Å². The molecule has 0 aliphatic heterocycles. The summed E-state index contributed by atoms with van der Waals surface area (Å²) >= 11 is 0. The van der Waals surface area contributed by atoms with Crippen LogP contribution in [0.5, 0.6) is 5.75 Å². The van der Waals surface area contributed by atoms with Gasteiger partial charge in [0, 0.05) is 11.1 Å². The second-order valence-electron chi connectivity index (χ2n) is 6.38. The normalized spacial score (nSPS) is 14.0. The molecule has 0 aliphatic rings. The first kappa shape index (κ1) is 21.9. The molecule has 0 amide bonds. The van der Waals surface area contributed by atoms with Crippen LogP contribution in [0.3, 0.4) is 0 Å². The van der Waals surface area contributed by atoms with Crippen LogP contribution in [0.1, 0.15) is 69.1 Å². The van der Waals surface area contributed by atoms with Crippen molar-refractivity contribution in [2.45, 2.75) is 71.8 Å². The van der Waals surface area contributed by atoms with Gasteiger partial charge in [-0.25, -0.2) is 0 Å². The molecule has 1 aromatic rings. The minimum absolute atomic E-state index is 0.0396. The number of hydrogen-bond donors (Lipinski definition) is 5. The fourth-order valence-corrected chi connectivity index (χ4v) is 2.34.